The molecule has 8 saturated heterocycles. The van der Waals surface area contributed by atoms with Crippen molar-refractivity contribution in [1.29, 1.82) is 0 Å². The van der Waals surface area contributed by atoms with Gasteiger partial charge in [-0.05, 0) is 171 Å². The molecule has 0 amide bonds. The third-order valence-corrected chi connectivity index (χ3v) is 31.8. The Kier molecular flexibility index (Phi) is 28.0. The fourth-order valence-corrected chi connectivity index (χ4v) is 21.8. The molecule has 18 heterocycles. The molecule has 34 nitrogen and oxygen atoms in total. The van der Waals surface area contributed by atoms with Crippen molar-refractivity contribution in [3.8, 4) is 0 Å². The first-order valence-corrected chi connectivity index (χ1v) is 45.1. The van der Waals surface area contributed by atoms with Crippen LogP contribution in [0.5, 0.6) is 0 Å². The molecule has 9 aromatic rings. The Morgan fingerprint density at radius 3 is 1.39 bits per heavy atom. The third kappa shape index (κ3) is 17.2. The molecule has 120 heavy (non-hydrogen) atoms. The van der Waals surface area contributed by atoms with Crippen LogP contribution < -0.4 is 88.6 Å². The minimum Gasteiger partial charge on any atom is -0.778 e. The van der Waals surface area contributed by atoms with Gasteiger partial charge in [-0.1, -0.05) is 61.8 Å². The zero-order valence-electron chi connectivity index (χ0n) is 69.7. The number of carbonyl (C=O) groups excluding carboxylic acids is 2. The molecule has 0 bridgehead atoms. The quantitative estimate of drug-likeness (QED) is 0.0872. The smallest absolute Gasteiger partial charge is 0.778 e. The summed E-state index contributed by atoms with van der Waals surface area (Å²) >= 11 is 24.0. The summed E-state index contributed by atoms with van der Waals surface area (Å²) in [5.41, 5.74) is 20.2. The third-order valence-electron chi connectivity index (χ3n) is 26.8. The Balaban J connectivity index is 0.000000134. The van der Waals surface area contributed by atoms with E-state index in [-0.39, 0.29) is 103 Å². The van der Waals surface area contributed by atoms with Gasteiger partial charge in [0.15, 0.2) is 16.9 Å². The van der Waals surface area contributed by atoms with Gasteiger partial charge in [0.1, 0.15) is 43.9 Å². The minimum atomic E-state index is -0.252. The first kappa shape index (κ1) is 91.9. The summed E-state index contributed by atoms with van der Waals surface area (Å²) in [7, 11) is 7.03. The van der Waals surface area contributed by atoms with Crippen molar-refractivity contribution in [3.63, 3.8) is 0 Å². The molecule has 0 radical (unpaired) electrons. The van der Waals surface area contributed by atoms with Crippen molar-refractivity contribution < 1.29 is 58.1 Å². The number of rotatable bonds is 5. The van der Waals surface area contributed by atoms with Gasteiger partial charge in [-0.25, -0.2) is 15.0 Å². The average Bonchev–Trinajstić information content (AvgIpc) is 1.56. The number of carbonyl (C=O) groups is 2. The van der Waals surface area contributed by atoms with Crippen LogP contribution in [0.4, 0.5) is 35.4 Å². The molecule has 0 saturated carbocycles. The molecule has 9 aromatic heterocycles. The van der Waals surface area contributed by atoms with E-state index in [0.29, 0.717) is 155 Å². The zero-order chi connectivity index (χ0) is 85.5. The maximum absolute atomic E-state index is 13.3. The number of piperidine rings is 4. The van der Waals surface area contributed by atoms with Crippen LogP contribution >= 0.6 is 103 Å². The largest absolute Gasteiger partial charge is 1.00 e. The maximum Gasteiger partial charge on any atom is 1.00 e. The normalized spacial score (nSPS) is 23.6. The second-order valence-electron chi connectivity index (χ2n) is 33.1. The van der Waals surface area contributed by atoms with Crippen LogP contribution in [0, 0.1) is 50.5 Å². The Morgan fingerprint density at radius 2 is 0.950 bits per heavy atom. The molecule has 4 spiro atoms. The molecule has 8 fully saturated rings. The number of pyridine rings is 2. The van der Waals surface area contributed by atoms with Crippen LogP contribution in [0.1, 0.15) is 135 Å². The Morgan fingerprint density at radius 1 is 0.542 bits per heavy atom. The molecule has 0 unspecified atom stereocenters. The minimum absolute atomic E-state index is 0. The SMILES string of the molecule is CC(=O)n1nc(I)c2c(=O)n(C)c(N3CCC4(CC3)CO[C@@H](C)[C@H]4C)nc21.CC(=O)n1nc2nc(N3CCC4(CC3)CO[C@@H](C)[C@H]4C)n(C)c(=O)c2c1I.C[C@@H]1OCC2(CCN(c3nc4c(c(=O)n3C)C(Sc3ccnc(N)c3Cl)=NC4)CC2)[C@@H]1N.C[C@@H]1OCC2(CCN(c3nc4n[nH]c(I)c4c(=O)n3C)CC2)[C@@H]1C.Nc1nccc([S-])c1Cl.[Na+]. The van der Waals surface area contributed by atoms with Crippen molar-refractivity contribution >= 4 is 201 Å². The van der Waals surface area contributed by atoms with Crippen LogP contribution in [-0.2, 0) is 66.3 Å². The first-order valence-electron chi connectivity index (χ1n) is 39.9. The number of fused-ring (bicyclic) bond motifs is 4. The molecular formula is C78H100Cl2I3N24NaO10S2. The monoisotopic (exact) mass is 2070 g/mol. The van der Waals surface area contributed by atoms with Crippen molar-refractivity contribution in [2.75, 3.05) is 110 Å². The summed E-state index contributed by atoms with van der Waals surface area (Å²) in [4.78, 5) is 116. The van der Waals surface area contributed by atoms with E-state index >= 15 is 0 Å². The van der Waals surface area contributed by atoms with Gasteiger partial charge in [-0.15, -0.1) is 5.10 Å². The molecule has 42 heteroatoms. The number of thioether (sulfide) groups is 1. The predicted molar refractivity (Wildman–Crippen MR) is 487 cm³/mol. The average molecular weight is 2070 g/mol. The summed E-state index contributed by atoms with van der Waals surface area (Å²) in [5.74, 6) is 4.31. The summed E-state index contributed by atoms with van der Waals surface area (Å²) in [5, 5.41) is 18.2. The van der Waals surface area contributed by atoms with E-state index in [9.17, 15) is 28.8 Å². The molecule has 18 rings (SSSR count). The number of ether oxygens (including phenoxy) is 4. The number of aromatic amines is 1. The van der Waals surface area contributed by atoms with Gasteiger partial charge in [0, 0.05) is 139 Å². The summed E-state index contributed by atoms with van der Waals surface area (Å²) in [6.07, 6.45) is 12.2. The van der Waals surface area contributed by atoms with Crippen LogP contribution in [0.2, 0.25) is 10.0 Å². The van der Waals surface area contributed by atoms with Gasteiger partial charge in [0.25, 0.3) is 22.2 Å². The Bertz CT molecular complexity index is 5670. The predicted octanol–water partition coefficient (Wildman–Crippen LogP) is 6.00. The van der Waals surface area contributed by atoms with Crippen LogP contribution in [0.15, 0.2) is 58.5 Å². The fraction of sp³-hybridized carbons (Fsp3) is 0.590. The number of anilines is 6. The van der Waals surface area contributed by atoms with Gasteiger partial charge < -0.3 is 68.4 Å². The van der Waals surface area contributed by atoms with Gasteiger partial charge >= 0.3 is 29.6 Å². The van der Waals surface area contributed by atoms with E-state index < -0.39 is 0 Å². The van der Waals surface area contributed by atoms with Crippen molar-refractivity contribution in [2.45, 2.75) is 160 Å². The van der Waals surface area contributed by atoms with Crippen molar-refractivity contribution in [1.82, 2.24) is 77.9 Å². The van der Waals surface area contributed by atoms with Gasteiger partial charge in [-0.3, -0.25) is 57.1 Å². The number of H-pyrrole nitrogens is 1. The van der Waals surface area contributed by atoms with E-state index in [4.69, 9.17) is 77.0 Å². The van der Waals surface area contributed by atoms with Crippen LogP contribution in [-0.4, -0.2) is 204 Å². The molecule has 8 atom stereocenters. The number of nitrogens with one attached hydrogen (secondary N) is 1. The molecule has 9 aliphatic heterocycles. The Labute approximate surface area is 776 Å². The van der Waals surface area contributed by atoms with Crippen LogP contribution in [0.3, 0.4) is 0 Å². The maximum atomic E-state index is 13.3. The Hall–Kier alpha value is -5.82. The second kappa shape index (κ2) is 36.6. The van der Waals surface area contributed by atoms with E-state index in [1.807, 2.05) is 52.1 Å². The number of halogens is 5. The summed E-state index contributed by atoms with van der Waals surface area (Å²) in [6, 6.07) is 3.44. The number of nitrogens with two attached hydrogens (primary N) is 3. The number of nitrogens with zero attached hydrogens (tertiary/aromatic N) is 20. The number of aliphatic imine (C=N–C) groups is 1. The van der Waals surface area contributed by atoms with Crippen molar-refractivity contribution in [2.24, 2.45) is 78.3 Å². The molecule has 9 aliphatic rings. The van der Waals surface area contributed by atoms with E-state index in [2.05, 4.69) is 134 Å². The fourth-order valence-electron chi connectivity index (χ4n) is 18.2. The topological polar surface area (TPSA) is 404 Å². The first-order chi connectivity index (χ1) is 56.4. The molecule has 7 N–H and O–H groups in total. The number of hydrogen-bond acceptors (Lipinski definition) is 29. The van der Waals surface area contributed by atoms with E-state index in [1.165, 1.54) is 41.2 Å². The standard InChI is InChI=1S/C21H26ClN7O2S.2C18H24IN5O3.C16H22IN5O2.C5H5ClN2S.Na/c1-11-16(23)21(10-31-11)4-7-29(8-5-21)20-27-12-9-26-18(14(12)19(30)28(20)2)32-13-3-6-25-17(24)15(13)22;1-10-11(2)27-9-18(10)5-7-23(8-6-18)17-20-15-13(16(26)22(17)4)14(19)24(21-15)12(3)25;1-10-11(2)27-9-18(10)5-7-23(8-6-18)17-20-15-13(16(26)22(17)4)14(19)21-24(15)12(3)25;1-9-10(2)24-8-16(9)4-6-22(7-5-16)15-18-13-11(12(17)19-20-13)14(23)21(15)3;6-4-3(9)1-2-8-5(4)7;/h3,6,11,16H,4-5,7-10,23H2,1-2H3,(H2,24,25);2*10-11H,5-9H2,1-4H3;9-10H,4-8H2,1-3H3,(H,19,20);1-2H,(H3,7,8,9);/q;;;;;+1/p-1/t11-,16+;2*10-,11+;9-,10+;;/m0111../s1. The van der Waals surface area contributed by atoms with E-state index in [1.54, 1.807) is 64.8 Å². The number of nitrogen functional groups attached to an aromatic ring is 2. The molecule has 640 valence electrons. The second-order valence-corrected chi connectivity index (χ2v) is 38.4. The number of hydrogen-bond donors (Lipinski definition) is 4. The van der Waals surface area contributed by atoms with Gasteiger partial charge in [0.05, 0.1) is 78.7 Å². The molecular weight excluding hydrogens is 1970 g/mol. The van der Waals surface area contributed by atoms with E-state index in [0.717, 1.165) is 127 Å². The molecule has 0 aromatic carbocycles. The van der Waals surface area contributed by atoms with Crippen LogP contribution in [0.25, 0.3) is 33.1 Å². The van der Waals surface area contributed by atoms with Gasteiger partial charge in [0.2, 0.25) is 35.6 Å². The zero-order valence-corrected chi connectivity index (χ0v) is 81.4. The van der Waals surface area contributed by atoms with Gasteiger partial charge in [-0.2, -0.15) is 39.4 Å². The summed E-state index contributed by atoms with van der Waals surface area (Å²) < 4.78 is 34.2. The molecule has 0 aliphatic carbocycles. The summed E-state index contributed by atoms with van der Waals surface area (Å²) in [6.45, 7) is 28.4. The number of aromatic nitrogens is 16. The van der Waals surface area contributed by atoms with Crippen molar-refractivity contribution in [3.05, 3.63) is 98.3 Å².